The SMILES string of the molecule is Cc1noc(C)c1CN1CCC(NC(=O)c2cncs2)CCC1=O. The molecule has 0 aromatic carbocycles. The lowest BCUT2D eigenvalue weighted by Crippen LogP contribution is -2.35. The second-order valence-corrected chi connectivity index (χ2v) is 6.87. The number of nitrogens with zero attached hydrogens (tertiary/aromatic N) is 3. The van der Waals surface area contributed by atoms with Gasteiger partial charge in [0.1, 0.15) is 10.6 Å². The van der Waals surface area contributed by atoms with Crippen LogP contribution in [0.1, 0.15) is 46.0 Å². The summed E-state index contributed by atoms with van der Waals surface area (Å²) >= 11 is 1.31. The lowest BCUT2D eigenvalue weighted by Gasteiger charge is -2.21. The fourth-order valence-corrected chi connectivity index (χ4v) is 3.37. The highest BCUT2D eigenvalue weighted by Crippen LogP contribution is 2.19. The van der Waals surface area contributed by atoms with Crippen molar-refractivity contribution in [2.45, 2.75) is 45.7 Å². The Morgan fingerprint density at radius 3 is 2.96 bits per heavy atom. The Bertz CT molecular complexity index is 706. The van der Waals surface area contributed by atoms with Gasteiger partial charge in [-0.3, -0.25) is 14.6 Å². The number of aromatic nitrogens is 2. The van der Waals surface area contributed by atoms with E-state index in [9.17, 15) is 9.59 Å². The van der Waals surface area contributed by atoms with Crippen LogP contribution in [-0.4, -0.2) is 39.4 Å². The van der Waals surface area contributed by atoms with Gasteiger partial charge in [-0.1, -0.05) is 5.16 Å². The first-order chi connectivity index (χ1) is 11.5. The molecular formula is C16H20N4O3S. The van der Waals surface area contributed by atoms with Crippen molar-refractivity contribution in [3.63, 3.8) is 0 Å². The van der Waals surface area contributed by atoms with Crippen LogP contribution >= 0.6 is 11.3 Å². The lowest BCUT2D eigenvalue weighted by atomic mass is 10.1. The molecule has 2 aromatic rings. The van der Waals surface area contributed by atoms with Crippen molar-refractivity contribution in [3.8, 4) is 0 Å². The molecular weight excluding hydrogens is 328 g/mol. The average Bonchev–Trinajstić information content (AvgIpc) is 3.16. The fourth-order valence-electron chi connectivity index (χ4n) is 2.85. The molecule has 1 fully saturated rings. The summed E-state index contributed by atoms with van der Waals surface area (Å²) in [5.74, 6) is 0.734. The Kier molecular flexibility index (Phi) is 4.94. The summed E-state index contributed by atoms with van der Waals surface area (Å²) in [7, 11) is 0. The maximum atomic E-state index is 12.4. The number of carbonyl (C=O) groups is 2. The minimum absolute atomic E-state index is 0.00165. The van der Waals surface area contributed by atoms with Gasteiger partial charge in [0, 0.05) is 24.6 Å². The maximum absolute atomic E-state index is 12.4. The van der Waals surface area contributed by atoms with Crippen LogP contribution in [0.4, 0.5) is 0 Å². The standard InChI is InChI=1S/C16H20N4O3S/c1-10-13(11(2)23-19-10)8-20-6-5-12(3-4-15(20)21)18-16(22)14-7-17-9-24-14/h7,9,12H,3-6,8H2,1-2H3,(H,18,22). The van der Waals surface area contributed by atoms with Crippen LogP contribution in [0.3, 0.4) is 0 Å². The topological polar surface area (TPSA) is 88.3 Å². The van der Waals surface area contributed by atoms with Crippen molar-refractivity contribution in [2.24, 2.45) is 0 Å². The predicted octanol–water partition coefficient (Wildman–Crippen LogP) is 2.06. The Hall–Kier alpha value is -2.22. The zero-order valence-electron chi connectivity index (χ0n) is 13.7. The van der Waals surface area contributed by atoms with E-state index in [0.29, 0.717) is 30.8 Å². The van der Waals surface area contributed by atoms with E-state index in [1.165, 1.54) is 11.3 Å². The second kappa shape index (κ2) is 7.12. The van der Waals surface area contributed by atoms with Gasteiger partial charge in [0.05, 0.1) is 23.9 Å². The van der Waals surface area contributed by atoms with Gasteiger partial charge in [-0.25, -0.2) is 0 Å². The van der Waals surface area contributed by atoms with E-state index in [2.05, 4.69) is 15.5 Å². The molecule has 0 bridgehead atoms. The molecule has 0 radical (unpaired) electrons. The van der Waals surface area contributed by atoms with E-state index in [1.54, 1.807) is 11.7 Å². The highest BCUT2D eigenvalue weighted by Gasteiger charge is 2.25. The molecule has 3 rings (SSSR count). The van der Waals surface area contributed by atoms with Crippen LogP contribution in [0.2, 0.25) is 0 Å². The number of likely N-dealkylation sites (tertiary alicyclic amines) is 1. The van der Waals surface area contributed by atoms with Crippen LogP contribution in [0.5, 0.6) is 0 Å². The summed E-state index contributed by atoms with van der Waals surface area (Å²) in [4.78, 5) is 30.9. The minimum atomic E-state index is -0.117. The zero-order valence-corrected chi connectivity index (χ0v) is 14.6. The minimum Gasteiger partial charge on any atom is -0.361 e. The van der Waals surface area contributed by atoms with E-state index < -0.39 is 0 Å². The van der Waals surface area contributed by atoms with Crippen molar-refractivity contribution in [2.75, 3.05) is 6.54 Å². The van der Waals surface area contributed by atoms with Crippen LogP contribution in [0.25, 0.3) is 0 Å². The van der Waals surface area contributed by atoms with E-state index in [0.717, 1.165) is 23.4 Å². The van der Waals surface area contributed by atoms with Gasteiger partial charge in [0.2, 0.25) is 5.91 Å². The van der Waals surface area contributed by atoms with Crippen molar-refractivity contribution < 1.29 is 14.1 Å². The highest BCUT2D eigenvalue weighted by atomic mass is 32.1. The zero-order chi connectivity index (χ0) is 17.1. The summed E-state index contributed by atoms with van der Waals surface area (Å²) in [5, 5.41) is 6.94. The van der Waals surface area contributed by atoms with E-state index >= 15 is 0 Å². The number of aryl methyl sites for hydroxylation is 2. The molecule has 2 aromatic heterocycles. The maximum Gasteiger partial charge on any atom is 0.263 e. The van der Waals surface area contributed by atoms with E-state index in [4.69, 9.17) is 4.52 Å². The molecule has 24 heavy (non-hydrogen) atoms. The lowest BCUT2D eigenvalue weighted by molar-refractivity contribution is -0.131. The molecule has 2 amide bonds. The third kappa shape index (κ3) is 3.64. The number of carbonyl (C=O) groups excluding carboxylic acids is 2. The number of thiazole rings is 1. The second-order valence-electron chi connectivity index (χ2n) is 5.98. The Morgan fingerprint density at radius 1 is 1.46 bits per heavy atom. The molecule has 1 aliphatic heterocycles. The number of hydrogen-bond donors (Lipinski definition) is 1. The molecule has 128 valence electrons. The summed E-state index contributed by atoms with van der Waals surface area (Å²) < 4.78 is 5.17. The van der Waals surface area contributed by atoms with E-state index in [1.807, 2.05) is 18.7 Å². The largest absolute Gasteiger partial charge is 0.361 e. The summed E-state index contributed by atoms with van der Waals surface area (Å²) in [5.41, 5.74) is 3.42. The highest BCUT2D eigenvalue weighted by molar-refractivity contribution is 7.11. The first-order valence-corrected chi connectivity index (χ1v) is 8.81. The summed E-state index contributed by atoms with van der Waals surface area (Å²) in [6, 6.07) is -0.00165. The van der Waals surface area contributed by atoms with Gasteiger partial charge in [-0.2, -0.15) is 0 Å². The van der Waals surface area contributed by atoms with Gasteiger partial charge in [-0.15, -0.1) is 11.3 Å². The number of amides is 2. The molecule has 8 heteroatoms. The van der Waals surface area contributed by atoms with Crippen molar-refractivity contribution in [3.05, 3.63) is 33.6 Å². The van der Waals surface area contributed by atoms with Gasteiger partial charge in [-0.05, 0) is 26.7 Å². The molecule has 7 nitrogen and oxygen atoms in total. The summed E-state index contributed by atoms with van der Waals surface area (Å²) in [6.07, 6.45) is 3.38. The Balaban J connectivity index is 1.61. The average molecular weight is 348 g/mol. The molecule has 1 N–H and O–H groups in total. The molecule has 0 aliphatic carbocycles. The van der Waals surface area contributed by atoms with Gasteiger partial charge in [0.15, 0.2) is 0 Å². The fraction of sp³-hybridized carbons (Fsp3) is 0.500. The van der Waals surface area contributed by atoms with Crippen molar-refractivity contribution in [1.29, 1.82) is 0 Å². The molecule has 0 saturated carbocycles. The third-order valence-corrected chi connectivity index (χ3v) is 5.10. The molecule has 1 unspecified atom stereocenters. The third-order valence-electron chi connectivity index (χ3n) is 4.33. The van der Waals surface area contributed by atoms with Crippen molar-refractivity contribution in [1.82, 2.24) is 20.4 Å². The first-order valence-electron chi connectivity index (χ1n) is 7.93. The van der Waals surface area contributed by atoms with Crippen molar-refractivity contribution >= 4 is 23.2 Å². The molecule has 1 saturated heterocycles. The van der Waals surface area contributed by atoms with Gasteiger partial charge in [0.25, 0.3) is 5.91 Å². The van der Waals surface area contributed by atoms with Crippen LogP contribution < -0.4 is 5.32 Å². The summed E-state index contributed by atoms with van der Waals surface area (Å²) in [6.45, 7) is 4.86. The number of nitrogens with one attached hydrogen (secondary N) is 1. The smallest absolute Gasteiger partial charge is 0.263 e. The Labute approximate surface area is 144 Å². The van der Waals surface area contributed by atoms with Crippen LogP contribution in [0.15, 0.2) is 16.2 Å². The monoisotopic (exact) mass is 348 g/mol. The normalized spacial score (nSPS) is 18.5. The molecule has 3 heterocycles. The van der Waals surface area contributed by atoms with E-state index in [-0.39, 0.29) is 17.9 Å². The molecule has 1 aliphatic rings. The Morgan fingerprint density at radius 2 is 2.29 bits per heavy atom. The quantitative estimate of drug-likeness (QED) is 0.914. The molecule has 0 spiro atoms. The van der Waals surface area contributed by atoms with Crippen LogP contribution in [-0.2, 0) is 11.3 Å². The van der Waals surface area contributed by atoms with Gasteiger partial charge < -0.3 is 14.7 Å². The van der Waals surface area contributed by atoms with Crippen LogP contribution in [0, 0.1) is 13.8 Å². The first kappa shape index (κ1) is 16.6. The molecule has 1 atom stereocenters. The number of rotatable bonds is 4. The predicted molar refractivity (Wildman–Crippen MR) is 88.6 cm³/mol. The van der Waals surface area contributed by atoms with Gasteiger partial charge >= 0.3 is 0 Å². The number of hydrogen-bond acceptors (Lipinski definition) is 6.